The van der Waals surface area contributed by atoms with Crippen LogP contribution in [0.15, 0.2) is 18.3 Å². The highest BCUT2D eigenvalue weighted by Gasteiger charge is 2.24. The number of fused-ring (bicyclic) bond motifs is 1. The first-order valence-electron chi connectivity index (χ1n) is 11.9. The van der Waals surface area contributed by atoms with Gasteiger partial charge in [-0.3, -0.25) is 9.69 Å². The van der Waals surface area contributed by atoms with E-state index in [9.17, 15) is 10.1 Å². The fraction of sp³-hybridized carbons (Fsp3) is 0.462. The van der Waals surface area contributed by atoms with Crippen LogP contribution in [0, 0.1) is 25.2 Å². The van der Waals surface area contributed by atoms with Gasteiger partial charge >= 0.3 is 0 Å². The third kappa shape index (κ3) is 4.79. The number of aromatic nitrogens is 3. The molecule has 1 saturated heterocycles. The van der Waals surface area contributed by atoms with E-state index in [4.69, 9.17) is 14.2 Å². The highest BCUT2D eigenvalue weighted by Crippen LogP contribution is 2.40. The Morgan fingerprint density at radius 3 is 2.42 bits per heavy atom. The number of nitrogens with zero attached hydrogens (tertiary/aromatic N) is 6. The van der Waals surface area contributed by atoms with Gasteiger partial charge in [0.1, 0.15) is 11.6 Å². The molecule has 3 aromatic rings. The van der Waals surface area contributed by atoms with Gasteiger partial charge in [-0.1, -0.05) is 6.07 Å². The van der Waals surface area contributed by atoms with Crippen LogP contribution >= 0.6 is 0 Å². The largest absolute Gasteiger partial charge is 0.493 e. The molecule has 1 aliphatic heterocycles. The number of piperazine rings is 1. The molecule has 1 aromatic carbocycles. The molecule has 190 valence electrons. The van der Waals surface area contributed by atoms with Crippen LogP contribution in [0.3, 0.4) is 0 Å². The third-order valence-corrected chi connectivity index (χ3v) is 6.82. The van der Waals surface area contributed by atoms with Gasteiger partial charge in [0.2, 0.25) is 11.7 Å². The summed E-state index contributed by atoms with van der Waals surface area (Å²) in [7, 11) is 4.83. The number of rotatable bonds is 8. The molecular weight excluding hydrogens is 460 g/mol. The van der Waals surface area contributed by atoms with E-state index in [2.05, 4.69) is 21.1 Å². The SMILES string of the molecule is COc1ccc(CN2CCN(C(=O)CCc3c(C)nc4c(C#N)cnn4c3C)CC2)c(OC)c1OC. The zero-order valence-electron chi connectivity index (χ0n) is 21.5. The molecule has 0 saturated carbocycles. The lowest BCUT2D eigenvalue weighted by atomic mass is 10.1. The van der Waals surface area contributed by atoms with Crippen molar-refractivity contribution < 1.29 is 19.0 Å². The van der Waals surface area contributed by atoms with Crippen LogP contribution in [-0.2, 0) is 17.8 Å². The summed E-state index contributed by atoms with van der Waals surface area (Å²) in [5.41, 5.74) is 4.78. The summed E-state index contributed by atoms with van der Waals surface area (Å²) in [5, 5.41) is 13.5. The zero-order chi connectivity index (χ0) is 25.8. The van der Waals surface area contributed by atoms with Crippen molar-refractivity contribution in [1.82, 2.24) is 24.4 Å². The smallest absolute Gasteiger partial charge is 0.222 e. The second-order valence-electron chi connectivity index (χ2n) is 8.82. The number of carbonyl (C=O) groups excluding carboxylic acids is 1. The summed E-state index contributed by atoms with van der Waals surface area (Å²) in [6.45, 7) is 7.48. The van der Waals surface area contributed by atoms with Crippen LogP contribution in [-0.4, -0.2) is 77.8 Å². The number of hydrogen-bond donors (Lipinski definition) is 0. The topological polar surface area (TPSA) is 105 Å². The molecule has 0 aliphatic carbocycles. The van der Waals surface area contributed by atoms with Crippen molar-refractivity contribution in [3.05, 3.63) is 46.4 Å². The Morgan fingerprint density at radius 1 is 1.06 bits per heavy atom. The molecule has 0 N–H and O–H groups in total. The van der Waals surface area contributed by atoms with Crippen molar-refractivity contribution in [2.75, 3.05) is 47.5 Å². The molecule has 10 nitrogen and oxygen atoms in total. The van der Waals surface area contributed by atoms with Gasteiger partial charge in [-0.15, -0.1) is 0 Å². The van der Waals surface area contributed by atoms with Crippen LogP contribution in [0.25, 0.3) is 5.65 Å². The molecule has 1 fully saturated rings. The predicted molar refractivity (Wildman–Crippen MR) is 133 cm³/mol. The lowest BCUT2D eigenvalue weighted by Crippen LogP contribution is -2.48. The lowest BCUT2D eigenvalue weighted by molar-refractivity contribution is -0.133. The molecule has 36 heavy (non-hydrogen) atoms. The Hall–Kier alpha value is -3.84. The highest BCUT2D eigenvalue weighted by molar-refractivity contribution is 5.76. The summed E-state index contributed by atoms with van der Waals surface area (Å²) < 4.78 is 18.2. The van der Waals surface area contributed by atoms with Crippen molar-refractivity contribution in [2.45, 2.75) is 33.2 Å². The number of methoxy groups -OCH3 is 3. The number of benzene rings is 1. The first-order valence-corrected chi connectivity index (χ1v) is 11.9. The number of nitriles is 1. The Balaban J connectivity index is 1.36. The van der Waals surface area contributed by atoms with E-state index in [1.165, 1.54) is 6.20 Å². The van der Waals surface area contributed by atoms with E-state index in [-0.39, 0.29) is 5.91 Å². The summed E-state index contributed by atoms with van der Waals surface area (Å²) in [6.07, 6.45) is 2.52. The second-order valence-corrected chi connectivity index (χ2v) is 8.82. The minimum atomic E-state index is 0.135. The Kier molecular flexibility index (Phi) is 7.60. The lowest BCUT2D eigenvalue weighted by Gasteiger charge is -2.35. The molecule has 1 amide bonds. The van der Waals surface area contributed by atoms with Gasteiger partial charge in [-0.25, -0.2) is 9.50 Å². The summed E-state index contributed by atoms with van der Waals surface area (Å²) >= 11 is 0. The van der Waals surface area contributed by atoms with E-state index < -0.39 is 0 Å². The van der Waals surface area contributed by atoms with Crippen molar-refractivity contribution in [3.63, 3.8) is 0 Å². The van der Waals surface area contributed by atoms with Gasteiger partial charge < -0.3 is 19.1 Å². The Morgan fingerprint density at radius 2 is 1.78 bits per heavy atom. The van der Waals surface area contributed by atoms with Gasteiger partial charge in [0.25, 0.3) is 0 Å². The van der Waals surface area contributed by atoms with E-state index >= 15 is 0 Å². The van der Waals surface area contributed by atoms with Gasteiger partial charge in [-0.05, 0) is 31.9 Å². The van der Waals surface area contributed by atoms with Crippen molar-refractivity contribution in [1.29, 1.82) is 5.26 Å². The highest BCUT2D eigenvalue weighted by atomic mass is 16.5. The maximum atomic E-state index is 13.0. The minimum Gasteiger partial charge on any atom is -0.493 e. The average molecular weight is 493 g/mol. The molecule has 0 bridgehead atoms. The van der Waals surface area contributed by atoms with Gasteiger partial charge in [0.05, 0.1) is 27.5 Å². The van der Waals surface area contributed by atoms with Crippen LogP contribution < -0.4 is 14.2 Å². The summed E-state index contributed by atoms with van der Waals surface area (Å²) in [4.78, 5) is 21.8. The van der Waals surface area contributed by atoms with Gasteiger partial charge in [-0.2, -0.15) is 10.4 Å². The fourth-order valence-electron chi connectivity index (χ4n) is 4.83. The van der Waals surface area contributed by atoms with Crippen LogP contribution in [0.5, 0.6) is 17.2 Å². The third-order valence-electron chi connectivity index (χ3n) is 6.82. The van der Waals surface area contributed by atoms with Gasteiger partial charge in [0, 0.05) is 56.1 Å². The maximum Gasteiger partial charge on any atom is 0.222 e. The number of aryl methyl sites for hydroxylation is 2. The number of hydrogen-bond acceptors (Lipinski definition) is 8. The molecule has 0 radical (unpaired) electrons. The molecule has 0 atom stereocenters. The molecule has 0 unspecified atom stereocenters. The van der Waals surface area contributed by atoms with Crippen molar-refractivity contribution >= 4 is 11.6 Å². The number of carbonyl (C=O) groups is 1. The summed E-state index contributed by atoms with van der Waals surface area (Å²) in [5.74, 6) is 2.02. The standard InChI is InChI=1S/C26H32N6O4/c1-17-21(18(2)32-26(29-17)20(14-27)15-28-32)7-9-23(33)31-12-10-30(11-13-31)16-19-6-8-22(34-3)25(36-5)24(19)35-4/h6,8,15H,7,9-13,16H2,1-5H3. The van der Waals surface area contributed by atoms with Crippen molar-refractivity contribution in [3.8, 4) is 23.3 Å². The maximum absolute atomic E-state index is 13.0. The molecule has 4 rings (SSSR count). The molecular formula is C26H32N6O4. The zero-order valence-corrected chi connectivity index (χ0v) is 21.5. The monoisotopic (exact) mass is 492 g/mol. The molecule has 1 aliphatic rings. The number of amides is 1. The quantitative estimate of drug-likeness (QED) is 0.472. The Labute approximate surface area is 211 Å². The minimum absolute atomic E-state index is 0.135. The van der Waals surface area contributed by atoms with E-state index in [0.717, 1.165) is 35.6 Å². The average Bonchev–Trinajstić information content (AvgIpc) is 3.31. The first kappa shape index (κ1) is 25.3. The van der Waals surface area contributed by atoms with Crippen LogP contribution in [0.4, 0.5) is 0 Å². The van der Waals surface area contributed by atoms with E-state index in [1.54, 1.807) is 25.8 Å². The van der Waals surface area contributed by atoms with Crippen LogP contribution in [0.1, 0.15) is 34.5 Å². The Bertz CT molecular complexity index is 1300. The van der Waals surface area contributed by atoms with Crippen LogP contribution in [0.2, 0.25) is 0 Å². The number of ether oxygens (including phenoxy) is 3. The predicted octanol–water partition coefficient (Wildman–Crippen LogP) is 2.52. The van der Waals surface area contributed by atoms with E-state index in [1.807, 2.05) is 30.9 Å². The van der Waals surface area contributed by atoms with Gasteiger partial charge in [0.15, 0.2) is 17.1 Å². The second kappa shape index (κ2) is 10.8. The molecule has 0 spiro atoms. The normalized spacial score (nSPS) is 14.1. The fourth-order valence-corrected chi connectivity index (χ4v) is 4.83. The van der Waals surface area contributed by atoms with E-state index in [0.29, 0.717) is 60.9 Å². The molecule has 3 heterocycles. The molecule has 2 aromatic heterocycles. The summed E-state index contributed by atoms with van der Waals surface area (Å²) in [6, 6.07) is 6.00. The molecule has 10 heteroatoms. The van der Waals surface area contributed by atoms with Crippen molar-refractivity contribution in [2.24, 2.45) is 0 Å². The first-order chi connectivity index (χ1) is 17.4.